The predicted octanol–water partition coefficient (Wildman–Crippen LogP) is 2.71. The number of nitrogens with zero attached hydrogens (tertiary/aromatic N) is 1. The highest BCUT2D eigenvalue weighted by molar-refractivity contribution is 6.05. The molecule has 0 unspecified atom stereocenters. The zero-order chi connectivity index (χ0) is 19.6. The summed E-state index contributed by atoms with van der Waals surface area (Å²) in [4.78, 5) is 37.7. The standard InChI is InChI=1S/C18H20F3N3O3/c19-18(20,21)11-4-3-5-12(10-11)22-23-15(25)8-9-24-16(26)13-6-1-2-7-14(13)17(24)27/h3-5,10,13-14,22H,1-2,6-9H2,(H,23,25)/t13-,14+. The first kappa shape index (κ1) is 19.2. The lowest BCUT2D eigenvalue weighted by Crippen LogP contribution is -2.37. The third kappa shape index (κ3) is 4.23. The fourth-order valence-electron chi connectivity index (χ4n) is 3.64. The van der Waals surface area contributed by atoms with Crippen molar-refractivity contribution < 1.29 is 27.6 Å². The van der Waals surface area contributed by atoms with E-state index in [9.17, 15) is 27.6 Å². The molecule has 0 spiro atoms. The molecule has 1 aromatic rings. The first-order chi connectivity index (χ1) is 12.8. The summed E-state index contributed by atoms with van der Waals surface area (Å²) in [5.41, 5.74) is 3.95. The molecule has 9 heteroatoms. The maximum absolute atomic E-state index is 12.7. The molecule has 146 valence electrons. The van der Waals surface area contributed by atoms with Gasteiger partial charge in [-0.05, 0) is 31.0 Å². The van der Waals surface area contributed by atoms with Crippen molar-refractivity contribution in [3.63, 3.8) is 0 Å². The van der Waals surface area contributed by atoms with Crippen LogP contribution in [-0.2, 0) is 20.6 Å². The summed E-state index contributed by atoms with van der Waals surface area (Å²) in [6.07, 6.45) is -1.34. The van der Waals surface area contributed by atoms with Crippen molar-refractivity contribution in [3.05, 3.63) is 29.8 Å². The summed E-state index contributed by atoms with van der Waals surface area (Å²) < 4.78 is 38.0. The second kappa shape index (κ2) is 7.58. The lowest BCUT2D eigenvalue weighted by Gasteiger charge is -2.19. The molecule has 2 atom stereocenters. The van der Waals surface area contributed by atoms with E-state index >= 15 is 0 Å². The normalized spacial score (nSPS) is 22.6. The van der Waals surface area contributed by atoms with Gasteiger partial charge < -0.3 is 0 Å². The van der Waals surface area contributed by atoms with Crippen molar-refractivity contribution in [1.29, 1.82) is 0 Å². The topological polar surface area (TPSA) is 78.5 Å². The third-order valence-electron chi connectivity index (χ3n) is 5.03. The smallest absolute Gasteiger partial charge is 0.299 e. The minimum Gasteiger partial charge on any atom is -0.299 e. The number of carbonyl (C=O) groups excluding carboxylic acids is 3. The van der Waals surface area contributed by atoms with Crippen LogP contribution in [0, 0.1) is 11.8 Å². The van der Waals surface area contributed by atoms with Gasteiger partial charge in [-0.2, -0.15) is 13.2 Å². The van der Waals surface area contributed by atoms with Gasteiger partial charge in [0.2, 0.25) is 17.7 Å². The molecule has 0 bridgehead atoms. The van der Waals surface area contributed by atoms with Gasteiger partial charge in [0.15, 0.2) is 0 Å². The molecule has 1 saturated carbocycles. The van der Waals surface area contributed by atoms with E-state index in [1.165, 1.54) is 12.1 Å². The zero-order valence-electron chi connectivity index (χ0n) is 14.5. The maximum atomic E-state index is 12.7. The first-order valence-corrected chi connectivity index (χ1v) is 8.84. The molecule has 1 aliphatic heterocycles. The number of carbonyl (C=O) groups is 3. The van der Waals surface area contributed by atoms with Crippen LogP contribution >= 0.6 is 0 Å². The lowest BCUT2D eigenvalue weighted by atomic mass is 9.81. The molecular formula is C18H20F3N3O3. The Morgan fingerprint density at radius 3 is 2.33 bits per heavy atom. The third-order valence-corrected chi connectivity index (χ3v) is 5.03. The number of halogens is 3. The van der Waals surface area contributed by atoms with Crippen molar-refractivity contribution >= 4 is 23.4 Å². The second-order valence-corrected chi connectivity index (χ2v) is 6.83. The van der Waals surface area contributed by atoms with E-state index in [4.69, 9.17) is 0 Å². The van der Waals surface area contributed by atoms with Crippen molar-refractivity contribution in [2.75, 3.05) is 12.0 Å². The molecular weight excluding hydrogens is 363 g/mol. The number of benzene rings is 1. The highest BCUT2D eigenvalue weighted by atomic mass is 19.4. The van der Waals surface area contributed by atoms with E-state index < -0.39 is 17.6 Å². The fraction of sp³-hybridized carbons (Fsp3) is 0.500. The van der Waals surface area contributed by atoms with E-state index in [1.54, 1.807) is 0 Å². The first-order valence-electron chi connectivity index (χ1n) is 8.84. The average molecular weight is 383 g/mol. The van der Waals surface area contributed by atoms with E-state index in [1.807, 2.05) is 0 Å². The Morgan fingerprint density at radius 2 is 1.74 bits per heavy atom. The molecule has 1 aromatic carbocycles. The Labute approximate surface area is 154 Å². The number of hydrogen-bond acceptors (Lipinski definition) is 4. The van der Waals surface area contributed by atoms with Crippen LogP contribution in [0.25, 0.3) is 0 Å². The Balaban J connectivity index is 1.50. The number of hydrogen-bond donors (Lipinski definition) is 2. The molecule has 1 saturated heterocycles. The summed E-state index contributed by atoms with van der Waals surface area (Å²) in [7, 11) is 0. The van der Waals surface area contributed by atoms with Gasteiger partial charge in [-0.3, -0.25) is 30.1 Å². The van der Waals surface area contributed by atoms with Crippen LogP contribution in [0.2, 0.25) is 0 Å². The molecule has 2 fully saturated rings. The summed E-state index contributed by atoms with van der Waals surface area (Å²) in [5.74, 6) is -1.50. The van der Waals surface area contributed by atoms with Crippen molar-refractivity contribution in [2.24, 2.45) is 11.8 Å². The van der Waals surface area contributed by atoms with E-state index in [2.05, 4.69) is 10.9 Å². The highest BCUT2D eigenvalue weighted by Crippen LogP contribution is 2.38. The Hall–Kier alpha value is -2.58. The number of alkyl halides is 3. The van der Waals surface area contributed by atoms with Gasteiger partial charge in [-0.15, -0.1) is 0 Å². The number of nitrogens with one attached hydrogen (secondary N) is 2. The Kier molecular flexibility index (Phi) is 5.38. The summed E-state index contributed by atoms with van der Waals surface area (Å²) in [6.45, 7) is -0.0270. The highest BCUT2D eigenvalue weighted by Gasteiger charge is 2.47. The van der Waals surface area contributed by atoms with Gasteiger partial charge in [-0.25, -0.2) is 0 Å². The maximum Gasteiger partial charge on any atom is 0.416 e. The van der Waals surface area contributed by atoms with Crippen LogP contribution in [-0.4, -0.2) is 29.2 Å². The van der Waals surface area contributed by atoms with Gasteiger partial charge in [0.05, 0.1) is 23.1 Å². The summed E-state index contributed by atoms with van der Waals surface area (Å²) in [5, 5.41) is 0. The van der Waals surface area contributed by atoms with Crippen molar-refractivity contribution in [1.82, 2.24) is 10.3 Å². The van der Waals surface area contributed by atoms with Crippen molar-refractivity contribution in [3.8, 4) is 0 Å². The van der Waals surface area contributed by atoms with Gasteiger partial charge >= 0.3 is 6.18 Å². The lowest BCUT2D eigenvalue weighted by molar-refractivity contribution is -0.140. The largest absolute Gasteiger partial charge is 0.416 e. The van der Waals surface area contributed by atoms with Crippen LogP contribution in [0.1, 0.15) is 37.7 Å². The molecule has 2 aliphatic rings. The molecule has 3 rings (SSSR count). The molecule has 0 aromatic heterocycles. The summed E-state index contributed by atoms with van der Waals surface area (Å²) >= 11 is 0. The Bertz CT molecular complexity index is 727. The van der Waals surface area contributed by atoms with E-state index in [0.29, 0.717) is 12.8 Å². The predicted molar refractivity (Wildman–Crippen MR) is 90.0 cm³/mol. The van der Waals surface area contributed by atoms with Crippen LogP contribution < -0.4 is 10.9 Å². The Morgan fingerprint density at radius 1 is 1.11 bits per heavy atom. The molecule has 6 nitrogen and oxygen atoms in total. The number of hydrazine groups is 1. The SMILES string of the molecule is O=C(CCN1C(=O)[C@H]2CCCC[C@H]2C1=O)NNc1cccc(C(F)(F)F)c1. The second-order valence-electron chi connectivity index (χ2n) is 6.83. The number of rotatable bonds is 5. The summed E-state index contributed by atoms with van der Waals surface area (Å²) in [6, 6.07) is 4.41. The monoisotopic (exact) mass is 383 g/mol. The number of likely N-dealkylation sites (tertiary alicyclic amines) is 1. The quantitative estimate of drug-likeness (QED) is 0.605. The van der Waals surface area contributed by atoms with Crippen LogP contribution in [0.15, 0.2) is 24.3 Å². The van der Waals surface area contributed by atoms with Gasteiger partial charge in [0, 0.05) is 13.0 Å². The van der Waals surface area contributed by atoms with Gasteiger partial charge in [0.1, 0.15) is 0 Å². The molecule has 0 radical (unpaired) electrons. The van der Waals surface area contributed by atoms with Gasteiger partial charge in [-0.1, -0.05) is 18.9 Å². The van der Waals surface area contributed by atoms with E-state index in [-0.39, 0.29) is 42.3 Å². The number of fused-ring (bicyclic) bond motifs is 1. The van der Waals surface area contributed by atoms with Crippen LogP contribution in [0.4, 0.5) is 18.9 Å². The number of anilines is 1. The average Bonchev–Trinajstić information content (AvgIpc) is 2.89. The van der Waals surface area contributed by atoms with Crippen LogP contribution in [0.5, 0.6) is 0 Å². The van der Waals surface area contributed by atoms with Gasteiger partial charge in [0.25, 0.3) is 0 Å². The van der Waals surface area contributed by atoms with Crippen LogP contribution in [0.3, 0.4) is 0 Å². The molecule has 3 amide bonds. The molecule has 2 N–H and O–H groups in total. The minimum absolute atomic E-state index is 0.0270. The zero-order valence-corrected chi connectivity index (χ0v) is 14.5. The molecule has 27 heavy (non-hydrogen) atoms. The number of imide groups is 1. The minimum atomic E-state index is -4.48. The molecule has 1 aliphatic carbocycles. The van der Waals surface area contributed by atoms with Crippen molar-refractivity contribution in [2.45, 2.75) is 38.3 Å². The van der Waals surface area contributed by atoms with E-state index in [0.717, 1.165) is 29.9 Å². The fourth-order valence-corrected chi connectivity index (χ4v) is 3.64. The molecule has 1 heterocycles. The number of amides is 3.